The van der Waals surface area contributed by atoms with Gasteiger partial charge in [-0.3, -0.25) is 4.79 Å². The normalized spacial score (nSPS) is 24.4. The number of carbonyl (C=O) groups is 1. The van der Waals surface area contributed by atoms with Crippen molar-refractivity contribution in [2.45, 2.75) is 18.9 Å². The number of halogens is 1. The van der Waals surface area contributed by atoms with Gasteiger partial charge in [0.1, 0.15) is 6.61 Å². The van der Waals surface area contributed by atoms with Crippen LogP contribution in [-0.2, 0) is 9.53 Å². The van der Waals surface area contributed by atoms with Gasteiger partial charge in [-0.05, 0) is 44.2 Å². The number of carbonyl (C=O) groups excluding carboxylic acids is 1. The molecule has 1 aliphatic rings. The highest BCUT2D eigenvalue weighted by molar-refractivity contribution is 6.30. The molecule has 1 unspecified atom stereocenters. The zero-order chi connectivity index (χ0) is 13.2. The molecule has 1 saturated heterocycles. The lowest BCUT2D eigenvalue weighted by Gasteiger charge is -2.40. The minimum Gasteiger partial charge on any atom is -0.364 e. The molecule has 5 heteroatoms. The molecular formula is C13H17ClN2O2. The number of rotatable bonds is 3. The molecule has 0 aromatic heterocycles. The largest absolute Gasteiger partial charge is 0.364 e. The van der Waals surface area contributed by atoms with Crippen LogP contribution in [0.2, 0.25) is 5.02 Å². The average molecular weight is 269 g/mol. The number of nitrogens with two attached hydrogens (primary N) is 1. The summed E-state index contributed by atoms with van der Waals surface area (Å²) in [5.74, 6) is -0.0354. The Bertz CT molecular complexity index is 435. The Morgan fingerprint density at radius 2 is 2.11 bits per heavy atom. The van der Waals surface area contributed by atoms with Crippen LogP contribution in [0.1, 0.15) is 13.3 Å². The number of nitrogens with zero attached hydrogens (tertiary/aromatic N) is 1. The zero-order valence-electron chi connectivity index (χ0n) is 10.4. The van der Waals surface area contributed by atoms with Crippen LogP contribution in [0.3, 0.4) is 0 Å². The second kappa shape index (κ2) is 5.26. The maximum absolute atomic E-state index is 11.9. The number of anilines is 1. The Kier molecular flexibility index (Phi) is 3.90. The molecule has 1 atom stereocenters. The fourth-order valence-corrected chi connectivity index (χ4v) is 2.22. The molecule has 2 rings (SSSR count). The summed E-state index contributed by atoms with van der Waals surface area (Å²) in [6.07, 6.45) is 0.727. The van der Waals surface area contributed by atoms with E-state index in [1.165, 1.54) is 0 Å². The lowest BCUT2D eigenvalue weighted by atomic mass is 9.99. The number of ether oxygens (including phenoxy) is 1. The van der Waals surface area contributed by atoms with E-state index in [-0.39, 0.29) is 18.1 Å². The fourth-order valence-electron chi connectivity index (χ4n) is 2.10. The topological polar surface area (TPSA) is 55.6 Å². The van der Waals surface area contributed by atoms with Crippen LogP contribution in [0.4, 0.5) is 5.69 Å². The summed E-state index contributed by atoms with van der Waals surface area (Å²) in [5.41, 5.74) is 6.05. The Morgan fingerprint density at radius 1 is 1.44 bits per heavy atom. The summed E-state index contributed by atoms with van der Waals surface area (Å²) in [5, 5.41) is 0.657. The van der Waals surface area contributed by atoms with Gasteiger partial charge < -0.3 is 15.4 Å². The van der Waals surface area contributed by atoms with Crippen molar-refractivity contribution in [3.8, 4) is 0 Å². The lowest BCUT2D eigenvalue weighted by Crippen LogP contribution is -2.54. The highest BCUT2D eigenvalue weighted by atomic mass is 35.5. The molecule has 1 heterocycles. The predicted molar refractivity (Wildman–Crippen MR) is 71.8 cm³/mol. The Hall–Kier alpha value is -1.10. The minimum atomic E-state index is -0.373. The van der Waals surface area contributed by atoms with Gasteiger partial charge in [0.2, 0.25) is 0 Å². The second-order valence-corrected chi connectivity index (χ2v) is 5.17. The van der Waals surface area contributed by atoms with Gasteiger partial charge in [0.05, 0.1) is 12.1 Å². The summed E-state index contributed by atoms with van der Waals surface area (Å²) < 4.78 is 5.60. The maximum Gasteiger partial charge on any atom is 0.253 e. The van der Waals surface area contributed by atoms with E-state index in [1.807, 2.05) is 19.1 Å². The first-order chi connectivity index (χ1) is 8.54. The van der Waals surface area contributed by atoms with Crippen molar-refractivity contribution in [3.05, 3.63) is 29.3 Å². The Morgan fingerprint density at radius 3 is 2.72 bits per heavy atom. The average Bonchev–Trinajstić information content (AvgIpc) is 2.34. The van der Waals surface area contributed by atoms with Gasteiger partial charge in [0.15, 0.2) is 0 Å². The number of morpholine rings is 1. The van der Waals surface area contributed by atoms with Crippen molar-refractivity contribution in [3.63, 3.8) is 0 Å². The molecule has 0 radical (unpaired) electrons. The van der Waals surface area contributed by atoms with Crippen LogP contribution in [0.5, 0.6) is 0 Å². The number of benzene rings is 1. The van der Waals surface area contributed by atoms with Gasteiger partial charge in [-0.1, -0.05) is 11.6 Å². The van der Waals surface area contributed by atoms with Crippen molar-refractivity contribution in [1.29, 1.82) is 0 Å². The maximum atomic E-state index is 11.9. The monoisotopic (exact) mass is 268 g/mol. The molecule has 0 aliphatic carbocycles. The number of amides is 1. The molecule has 1 aromatic carbocycles. The van der Waals surface area contributed by atoms with E-state index in [2.05, 4.69) is 0 Å². The van der Waals surface area contributed by atoms with E-state index in [4.69, 9.17) is 22.1 Å². The molecule has 4 nitrogen and oxygen atoms in total. The molecule has 1 fully saturated rings. The smallest absolute Gasteiger partial charge is 0.253 e. The van der Waals surface area contributed by atoms with Crippen LogP contribution in [-0.4, -0.2) is 31.2 Å². The van der Waals surface area contributed by atoms with Crippen molar-refractivity contribution in [1.82, 2.24) is 0 Å². The van der Waals surface area contributed by atoms with E-state index < -0.39 is 0 Å². The van der Waals surface area contributed by atoms with Crippen molar-refractivity contribution in [2.75, 3.05) is 24.6 Å². The van der Waals surface area contributed by atoms with Gasteiger partial charge in [0, 0.05) is 10.7 Å². The van der Waals surface area contributed by atoms with Gasteiger partial charge in [0.25, 0.3) is 5.91 Å². The van der Waals surface area contributed by atoms with Crippen LogP contribution in [0, 0.1) is 0 Å². The van der Waals surface area contributed by atoms with Crippen LogP contribution >= 0.6 is 11.6 Å². The number of hydrogen-bond donors (Lipinski definition) is 1. The van der Waals surface area contributed by atoms with Gasteiger partial charge >= 0.3 is 0 Å². The predicted octanol–water partition coefficient (Wildman–Crippen LogP) is 1.81. The van der Waals surface area contributed by atoms with E-state index in [9.17, 15) is 4.79 Å². The molecule has 0 spiro atoms. The molecule has 1 amide bonds. The van der Waals surface area contributed by atoms with Crippen LogP contribution in [0.25, 0.3) is 0 Å². The van der Waals surface area contributed by atoms with Crippen molar-refractivity contribution < 1.29 is 9.53 Å². The SMILES string of the molecule is CC1(CCN)CN(c2ccc(Cl)cc2)C(=O)CO1. The first kappa shape index (κ1) is 13.3. The first-order valence-electron chi connectivity index (χ1n) is 5.94. The highest BCUT2D eigenvalue weighted by Gasteiger charge is 2.35. The fraction of sp³-hybridized carbons (Fsp3) is 0.462. The third-order valence-electron chi connectivity index (χ3n) is 3.15. The lowest BCUT2D eigenvalue weighted by molar-refractivity contribution is -0.137. The third-order valence-corrected chi connectivity index (χ3v) is 3.40. The van der Waals surface area contributed by atoms with E-state index >= 15 is 0 Å². The van der Waals surface area contributed by atoms with Crippen LogP contribution in [0.15, 0.2) is 24.3 Å². The summed E-state index contributed by atoms with van der Waals surface area (Å²) >= 11 is 5.85. The Balaban J connectivity index is 2.20. The molecule has 0 bridgehead atoms. The number of hydrogen-bond acceptors (Lipinski definition) is 3. The second-order valence-electron chi connectivity index (χ2n) is 4.73. The summed E-state index contributed by atoms with van der Waals surface area (Å²) in [6, 6.07) is 7.24. The summed E-state index contributed by atoms with van der Waals surface area (Å²) in [7, 11) is 0. The highest BCUT2D eigenvalue weighted by Crippen LogP contribution is 2.27. The minimum absolute atomic E-state index is 0.0354. The van der Waals surface area contributed by atoms with Crippen molar-refractivity contribution in [2.24, 2.45) is 5.73 Å². The first-order valence-corrected chi connectivity index (χ1v) is 6.32. The summed E-state index contributed by atoms with van der Waals surface area (Å²) in [4.78, 5) is 13.6. The molecule has 2 N–H and O–H groups in total. The van der Waals surface area contributed by atoms with E-state index in [0.29, 0.717) is 18.1 Å². The third kappa shape index (κ3) is 2.83. The zero-order valence-corrected chi connectivity index (χ0v) is 11.1. The van der Waals surface area contributed by atoms with Crippen LogP contribution < -0.4 is 10.6 Å². The molecule has 98 valence electrons. The van der Waals surface area contributed by atoms with Gasteiger partial charge in [-0.2, -0.15) is 0 Å². The van der Waals surface area contributed by atoms with E-state index in [1.54, 1.807) is 17.0 Å². The van der Waals surface area contributed by atoms with Crippen molar-refractivity contribution >= 4 is 23.2 Å². The molecular weight excluding hydrogens is 252 g/mol. The summed E-state index contributed by atoms with van der Waals surface area (Å²) in [6.45, 7) is 3.14. The standard InChI is InChI=1S/C13H17ClN2O2/c1-13(6-7-15)9-16(12(17)8-18-13)11-4-2-10(14)3-5-11/h2-5H,6-9,15H2,1H3. The van der Waals surface area contributed by atoms with Gasteiger partial charge in [-0.15, -0.1) is 0 Å². The molecule has 1 aliphatic heterocycles. The molecule has 0 saturated carbocycles. The van der Waals surface area contributed by atoms with Gasteiger partial charge in [-0.25, -0.2) is 0 Å². The molecule has 1 aromatic rings. The quantitative estimate of drug-likeness (QED) is 0.910. The Labute approximate surface area is 112 Å². The molecule has 18 heavy (non-hydrogen) atoms. The van der Waals surface area contributed by atoms with E-state index in [0.717, 1.165) is 12.1 Å².